The zero-order chi connectivity index (χ0) is 15.2. The summed E-state index contributed by atoms with van der Waals surface area (Å²) in [4.78, 5) is 22.3. The standard InChI is InChI=1S/C12H13F3N2O3/c1-2-20-10(18)7-16-11(19)17-9-5-3-4-8(6-9)12(13,14)15/h3-6H,2,7H2,1H3,(H2,16,17,19). The molecule has 20 heavy (non-hydrogen) atoms. The molecule has 8 heteroatoms. The van der Waals surface area contributed by atoms with E-state index in [1.54, 1.807) is 6.92 Å². The van der Waals surface area contributed by atoms with E-state index >= 15 is 0 Å². The van der Waals surface area contributed by atoms with Crippen LogP contribution in [-0.2, 0) is 15.7 Å². The Morgan fingerprint density at radius 1 is 1.30 bits per heavy atom. The summed E-state index contributed by atoms with van der Waals surface area (Å²) in [5, 5.41) is 4.36. The van der Waals surface area contributed by atoms with Crippen LogP contribution in [0.15, 0.2) is 24.3 Å². The van der Waals surface area contributed by atoms with Crippen LogP contribution in [0.3, 0.4) is 0 Å². The van der Waals surface area contributed by atoms with Gasteiger partial charge in [-0.15, -0.1) is 0 Å². The van der Waals surface area contributed by atoms with Gasteiger partial charge in [0.2, 0.25) is 0 Å². The van der Waals surface area contributed by atoms with Gasteiger partial charge in [0.25, 0.3) is 0 Å². The van der Waals surface area contributed by atoms with E-state index in [1.165, 1.54) is 12.1 Å². The molecule has 1 rings (SSSR count). The number of nitrogens with one attached hydrogen (secondary N) is 2. The molecule has 0 unspecified atom stereocenters. The van der Waals surface area contributed by atoms with Crippen LogP contribution in [-0.4, -0.2) is 25.2 Å². The van der Waals surface area contributed by atoms with E-state index in [9.17, 15) is 22.8 Å². The number of amides is 2. The largest absolute Gasteiger partial charge is 0.465 e. The van der Waals surface area contributed by atoms with Crippen molar-refractivity contribution in [2.24, 2.45) is 0 Å². The molecule has 5 nitrogen and oxygen atoms in total. The number of hydrogen-bond acceptors (Lipinski definition) is 3. The second-order valence-electron chi connectivity index (χ2n) is 3.69. The Morgan fingerprint density at radius 3 is 2.60 bits per heavy atom. The van der Waals surface area contributed by atoms with Crippen molar-refractivity contribution in [3.8, 4) is 0 Å². The highest BCUT2D eigenvalue weighted by atomic mass is 19.4. The molecule has 0 radical (unpaired) electrons. The van der Waals surface area contributed by atoms with Crippen molar-refractivity contribution in [2.45, 2.75) is 13.1 Å². The van der Waals surface area contributed by atoms with Crippen LogP contribution >= 0.6 is 0 Å². The van der Waals surface area contributed by atoms with Crippen molar-refractivity contribution >= 4 is 17.7 Å². The Bertz CT molecular complexity index is 489. The number of urea groups is 1. The van der Waals surface area contributed by atoms with Gasteiger partial charge in [-0.25, -0.2) is 4.79 Å². The van der Waals surface area contributed by atoms with Crippen molar-refractivity contribution < 1.29 is 27.5 Å². The van der Waals surface area contributed by atoms with Crippen LogP contribution in [0.5, 0.6) is 0 Å². The molecule has 1 aromatic rings. The average molecular weight is 290 g/mol. The zero-order valence-corrected chi connectivity index (χ0v) is 10.6. The molecule has 0 heterocycles. The van der Waals surface area contributed by atoms with E-state index in [-0.39, 0.29) is 18.8 Å². The number of rotatable bonds is 4. The van der Waals surface area contributed by atoms with Gasteiger partial charge in [-0.05, 0) is 25.1 Å². The zero-order valence-electron chi connectivity index (χ0n) is 10.6. The van der Waals surface area contributed by atoms with Gasteiger partial charge < -0.3 is 15.4 Å². The summed E-state index contributed by atoms with van der Waals surface area (Å²) in [6, 6.07) is 3.37. The third kappa shape index (κ3) is 5.17. The van der Waals surface area contributed by atoms with Gasteiger partial charge in [-0.2, -0.15) is 13.2 Å². The van der Waals surface area contributed by atoms with E-state index in [1.807, 2.05) is 0 Å². The molecular weight excluding hydrogens is 277 g/mol. The number of hydrogen-bond donors (Lipinski definition) is 2. The van der Waals surface area contributed by atoms with E-state index in [0.29, 0.717) is 0 Å². The average Bonchev–Trinajstić information content (AvgIpc) is 2.36. The lowest BCUT2D eigenvalue weighted by Crippen LogP contribution is -2.34. The maximum Gasteiger partial charge on any atom is 0.416 e. The van der Waals surface area contributed by atoms with Crippen molar-refractivity contribution in [1.82, 2.24) is 5.32 Å². The number of benzene rings is 1. The summed E-state index contributed by atoms with van der Waals surface area (Å²) < 4.78 is 41.9. The van der Waals surface area contributed by atoms with Crippen LogP contribution in [0, 0.1) is 0 Å². The summed E-state index contributed by atoms with van der Waals surface area (Å²) in [7, 11) is 0. The third-order valence-corrected chi connectivity index (χ3v) is 2.15. The van der Waals surface area contributed by atoms with Crippen molar-refractivity contribution in [1.29, 1.82) is 0 Å². The maximum atomic E-state index is 12.5. The number of carbonyl (C=O) groups is 2. The van der Waals surface area contributed by atoms with Crippen molar-refractivity contribution in [3.05, 3.63) is 29.8 Å². The molecule has 0 aromatic heterocycles. The Hall–Kier alpha value is -2.25. The lowest BCUT2D eigenvalue weighted by molar-refractivity contribution is -0.141. The fourth-order valence-electron chi connectivity index (χ4n) is 1.31. The molecule has 0 atom stereocenters. The van der Waals surface area contributed by atoms with Gasteiger partial charge in [-0.1, -0.05) is 6.07 Å². The first-order chi connectivity index (χ1) is 9.32. The minimum absolute atomic E-state index is 0.0267. The quantitative estimate of drug-likeness (QED) is 0.837. The topological polar surface area (TPSA) is 67.4 Å². The molecule has 0 fully saturated rings. The molecule has 0 saturated heterocycles. The molecule has 0 aliphatic carbocycles. The van der Waals surface area contributed by atoms with Gasteiger partial charge >= 0.3 is 18.2 Å². The fourth-order valence-corrected chi connectivity index (χ4v) is 1.31. The first-order valence-electron chi connectivity index (χ1n) is 5.70. The van der Waals surface area contributed by atoms with Crippen LogP contribution in [0.4, 0.5) is 23.7 Å². The first kappa shape index (κ1) is 15.8. The predicted molar refractivity (Wildman–Crippen MR) is 65.1 cm³/mol. The lowest BCUT2D eigenvalue weighted by atomic mass is 10.2. The summed E-state index contributed by atoms with van der Waals surface area (Å²) in [6.45, 7) is 1.43. The highest BCUT2D eigenvalue weighted by Crippen LogP contribution is 2.30. The SMILES string of the molecule is CCOC(=O)CNC(=O)Nc1cccc(C(F)(F)F)c1. The Balaban J connectivity index is 2.56. The molecule has 0 aliphatic rings. The van der Waals surface area contributed by atoms with Crippen LogP contribution in [0.1, 0.15) is 12.5 Å². The summed E-state index contributed by atoms with van der Waals surface area (Å²) in [6.07, 6.45) is -4.49. The molecule has 0 aliphatic heterocycles. The molecule has 1 aromatic carbocycles. The smallest absolute Gasteiger partial charge is 0.416 e. The number of ether oxygens (including phenoxy) is 1. The highest BCUT2D eigenvalue weighted by molar-refractivity contribution is 5.91. The highest BCUT2D eigenvalue weighted by Gasteiger charge is 2.30. The molecule has 0 spiro atoms. The van der Waals surface area contributed by atoms with Gasteiger partial charge in [0.15, 0.2) is 0 Å². The van der Waals surface area contributed by atoms with E-state index < -0.39 is 23.7 Å². The Kier molecular flexibility index (Phi) is 5.36. The third-order valence-electron chi connectivity index (χ3n) is 2.15. The van der Waals surface area contributed by atoms with Crippen LogP contribution < -0.4 is 10.6 Å². The lowest BCUT2D eigenvalue weighted by Gasteiger charge is -2.10. The number of alkyl halides is 3. The van der Waals surface area contributed by atoms with Gasteiger partial charge in [0, 0.05) is 5.69 Å². The normalized spacial score (nSPS) is 10.8. The summed E-state index contributed by atoms with van der Waals surface area (Å²) >= 11 is 0. The maximum absolute atomic E-state index is 12.5. The second-order valence-corrected chi connectivity index (χ2v) is 3.69. The summed E-state index contributed by atoms with van der Waals surface area (Å²) in [5.74, 6) is -0.633. The van der Waals surface area contributed by atoms with E-state index in [0.717, 1.165) is 12.1 Å². The molecule has 0 bridgehead atoms. The van der Waals surface area contributed by atoms with Gasteiger partial charge in [-0.3, -0.25) is 4.79 Å². The molecule has 110 valence electrons. The van der Waals surface area contributed by atoms with E-state index in [4.69, 9.17) is 0 Å². The number of halogens is 3. The molecular formula is C12H13F3N2O3. The van der Waals surface area contributed by atoms with Crippen LogP contribution in [0.2, 0.25) is 0 Å². The molecule has 2 N–H and O–H groups in total. The number of carbonyl (C=O) groups excluding carboxylic acids is 2. The molecule has 2 amide bonds. The van der Waals surface area contributed by atoms with Crippen LogP contribution in [0.25, 0.3) is 0 Å². The van der Waals surface area contributed by atoms with Crippen molar-refractivity contribution in [3.63, 3.8) is 0 Å². The molecule has 0 saturated carbocycles. The first-order valence-corrected chi connectivity index (χ1v) is 5.70. The second kappa shape index (κ2) is 6.78. The minimum atomic E-state index is -4.49. The van der Waals surface area contributed by atoms with E-state index in [2.05, 4.69) is 15.4 Å². The Labute approximate surface area is 113 Å². The fraction of sp³-hybridized carbons (Fsp3) is 0.333. The van der Waals surface area contributed by atoms with Gasteiger partial charge in [0.1, 0.15) is 6.54 Å². The Morgan fingerprint density at radius 2 is 2.00 bits per heavy atom. The van der Waals surface area contributed by atoms with Gasteiger partial charge in [0.05, 0.1) is 12.2 Å². The number of esters is 1. The predicted octanol–water partition coefficient (Wildman–Crippen LogP) is 2.39. The number of anilines is 1. The monoisotopic (exact) mass is 290 g/mol. The summed E-state index contributed by atoms with van der Waals surface area (Å²) in [5.41, 5.74) is -0.901. The minimum Gasteiger partial charge on any atom is -0.465 e. The van der Waals surface area contributed by atoms with Crippen molar-refractivity contribution in [2.75, 3.05) is 18.5 Å².